The molecule has 0 aromatic heterocycles. The second-order valence-corrected chi connectivity index (χ2v) is 5.86. The summed E-state index contributed by atoms with van der Waals surface area (Å²) >= 11 is 18.8. The Morgan fingerprint density at radius 3 is 2.37 bits per heavy atom. The van der Waals surface area contributed by atoms with Crippen LogP contribution in [-0.2, 0) is 0 Å². The van der Waals surface area contributed by atoms with E-state index >= 15 is 0 Å². The summed E-state index contributed by atoms with van der Waals surface area (Å²) in [7, 11) is 0. The third-order valence-electron chi connectivity index (χ3n) is 2.25. The molecule has 0 N–H and O–H groups in total. The molecule has 0 atom stereocenters. The van der Waals surface area contributed by atoms with E-state index in [1.54, 1.807) is 30.3 Å². The first-order valence-corrected chi connectivity index (χ1v) is 7.00. The lowest BCUT2D eigenvalue weighted by Gasteiger charge is -2.05. The lowest BCUT2D eigenvalue weighted by atomic mass is 10.3. The second kappa shape index (κ2) is 6.01. The Balaban J connectivity index is 2.40. The maximum Gasteiger partial charge on any atom is 0.301 e. The lowest BCUT2D eigenvalue weighted by molar-refractivity contribution is -0.387. The molecule has 0 saturated carbocycles. The van der Waals surface area contributed by atoms with Gasteiger partial charge in [0.1, 0.15) is 5.02 Å². The third kappa shape index (κ3) is 3.34. The van der Waals surface area contributed by atoms with Crippen LogP contribution in [-0.4, -0.2) is 4.92 Å². The third-order valence-corrected chi connectivity index (χ3v) is 4.33. The summed E-state index contributed by atoms with van der Waals surface area (Å²) in [6.45, 7) is 0. The number of hydrogen-bond acceptors (Lipinski definition) is 3. The monoisotopic (exact) mass is 333 g/mol. The van der Waals surface area contributed by atoms with Crippen molar-refractivity contribution < 1.29 is 4.92 Å². The van der Waals surface area contributed by atoms with Crippen molar-refractivity contribution in [2.24, 2.45) is 0 Å². The molecule has 0 bridgehead atoms. The Labute approximate surface area is 128 Å². The van der Waals surface area contributed by atoms with E-state index in [9.17, 15) is 10.1 Å². The molecule has 0 aliphatic heterocycles. The highest BCUT2D eigenvalue weighted by Gasteiger charge is 2.19. The zero-order valence-corrected chi connectivity index (χ0v) is 12.4. The van der Waals surface area contributed by atoms with Crippen molar-refractivity contribution in [3.05, 3.63) is 61.6 Å². The summed E-state index contributed by atoms with van der Waals surface area (Å²) in [5.41, 5.74) is -0.111. The molecule has 0 unspecified atom stereocenters. The normalized spacial score (nSPS) is 10.5. The maximum atomic E-state index is 11.0. The molecule has 2 aromatic rings. The highest BCUT2D eigenvalue weighted by atomic mass is 35.5. The van der Waals surface area contributed by atoms with Crippen molar-refractivity contribution in [1.29, 1.82) is 0 Å². The summed E-state index contributed by atoms with van der Waals surface area (Å²) in [5, 5.41) is 12.0. The molecule has 98 valence electrons. The van der Waals surface area contributed by atoms with Gasteiger partial charge in [-0.3, -0.25) is 10.1 Å². The van der Waals surface area contributed by atoms with E-state index in [4.69, 9.17) is 34.8 Å². The molecule has 0 saturated heterocycles. The van der Waals surface area contributed by atoms with E-state index in [1.165, 1.54) is 17.8 Å². The number of benzene rings is 2. The van der Waals surface area contributed by atoms with Gasteiger partial charge in [0.25, 0.3) is 0 Å². The Bertz CT molecular complexity index is 649. The van der Waals surface area contributed by atoms with Crippen LogP contribution in [0.3, 0.4) is 0 Å². The Morgan fingerprint density at radius 2 is 1.74 bits per heavy atom. The van der Waals surface area contributed by atoms with E-state index in [0.717, 1.165) is 4.90 Å². The van der Waals surface area contributed by atoms with Crippen LogP contribution in [0.15, 0.2) is 46.2 Å². The molecular formula is C12H6Cl3NO2S. The van der Waals surface area contributed by atoms with Gasteiger partial charge in [-0.05, 0) is 30.3 Å². The molecule has 0 radical (unpaired) electrons. The standard InChI is InChI=1S/C12H6Cl3NO2S/c13-8-5-4-7(6-10(8)15)19-11-3-1-2-9(14)12(11)16(17)18/h1-6H. The minimum absolute atomic E-state index is 0.107. The average molecular weight is 335 g/mol. The molecule has 2 aromatic carbocycles. The summed E-state index contributed by atoms with van der Waals surface area (Å²) in [4.78, 5) is 11.7. The molecule has 0 fully saturated rings. The quantitative estimate of drug-likeness (QED) is 0.533. The fourth-order valence-corrected chi connectivity index (χ4v) is 3.08. The Morgan fingerprint density at radius 1 is 1.00 bits per heavy atom. The number of hydrogen-bond donors (Lipinski definition) is 0. The van der Waals surface area contributed by atoms with Crippen LogP contribution in [0.25, 0.3) is 0 Å². The van der Waals surface area contributed by atoms with Gasteiger partial charge in [-0.2, -0.15) is 0 Å². The van der Waals surface area contributed by atoms with Crippen LogP contribution in [0.2, 0.25) is 15.1 Å². The van der Waals surface area contributed by atoms with Gasteiger partial charge in [0.15, 0.2) is 0 Å². The van der Waals surface area contributed by atoms with Crippen molar-refractivity contribution >= 4 is 52.3 Å². The van der Waals surface area contributed by atoms with Crippen molar-refractivity contribution in [2.75, 3.05) is 0 Å². The number of halogens is 3. The van der Waals surface area contributed by atoms with Gasteiger partial charge < -0.3 is 0 Å². The largest absolute Gasteiger partial charge is 0.301 e. The summed E-state index contributed by atoms with van der Waals surface area (Å²) < 4.78 is 0. The highest BCUT2D eigenvalue weighted by molar-refractivity contribution is 7.99. The molecule has 0 heterocycles. The fourth-order valence-electron chi connectivity index (χ4n) is 1.42. The Kier molecular flexibility index (Phi) is 4.58. The van der Waals surface area contributed by atoms with Crippen LogP contribution < -0.4 is 0 Å². The van der Waals surface area contributed by atoms with E-state index in [0.29, 0.717) is 14.9 Å². The molecular weight excluding hydrogens is 329 g/mol. The lowest BCUT2D eigenvalue weighted by Crippen LogP contribution is -1.91. The first-order chi connectivity index (χ1) is 8.99. The summed E-state index contributed by atoms with van der Waals surface area (Å²) in [5.74, 6) is 0. The van der Waals surface area contributed by atoms with E-state index in [1.807, 2.05) is 0 Å². The fraction of sp³-hybridized carbons (Fsp3) is 0. The van der Waals surface area contributed by atoms with Crippen LogP contribution in [0.5, 0.6) is 0 Å². The maximum absolute atomic E-state index is 11.0. The molecule has 7 heteroatoms. The van der Waals surface area contributed by atoms with Gasteiger partial charge in [-0.15, -0.1) is 0 Å². The molecule has 0 aliphatic carbocycles. The van der Waals surface area contributed by atoms with Gasteiger partial charge >= 0.3 is 5.69 Å². The highest BCUT2D eigenvalue weighted by Crippen LogP contribution is 2.40. The molecule has 0 aliphatic rings. The molecule has 0 amide bonds. The van der Waals surface area contributed by atoms with Crippen LogP contribution in [0.1, 0.15) is 0 Å². The number of nitro groups is 1. The number of nitrogens with zero attached hydrogens (tertiary/aromatic N) is 1. The minimum Gasteiger partial charge on any atom is -0.258 e. The first kappa shape index (κ1) is 14.5. The Hall–Kier alpha value is -0.940. The van der Waals surface area contributed by atoms with Crippen molar-refractivity contribution in [3.63, 3.8) is 0 Å². The summed E-state index contributed by atoms with van der Waals surface area (Å²) in [6.07, 6.45) is 0. The average Bonchev–Trinajstić information content (AvgIpc) is 2.33. The van der Waals surface area contributed by atoms with Crippen LogP contribution in [0, 0.1) is 10.1 Å². The molecule has 3 nitrogen and oxygen atoms in total. The van der Waals surface area contributed by atoms with Gasteiger partial charge in [0.05, 0.1) is 19.9 Å². The van der Waals surface area contributed by atoms with Gasteiger partial charge in [0.2, 0.25) is 0 Å². The van der Waals surface area contributed by atoms with E-state index in [2.05, 4.69) is 0 Å². The van der Waals surface area contributed by atoms with Crippen molar-refractivity contribution in [1.82, 2.24) is 0 Å². The number of nitro benzene ring substituents is 1. The zero-order valence-electron chi connectivity index (χ0n) is 9.27. The molecule has 2 rings (SSSR count). The minimum atomic E-state index is -0.498. The van der Waals surface area contributed by atoms with E-state index in [-0.39, 0.29) is 10.7 Å². The second-order valence-electron chi connectivity index (χ2n) is 3.52. The number of para-hydroxylation sites is 1. The smallest absolute Gasteiger partial charge is 0.258 e. The van der Waals surface area contributed by atoms with Crippen LogP contribution in [0.4, 0.5) is 5.69 Å². The van der Waals surface area contributed by atoms with E-state index < -0.39 is 4.92 Å². The summed E-state index contributed by atoms with van der Waals surface area (Å²) in [6, 6.07) is 9.82. The SMILES string of the molecule is O=[N+]([O-])c1c(Cl)cccc1Sc1ccc(Cl)c(Cl)c1. The zero-order chi connectivity index (χ0) is 14.0. The van der Waals surface area contributed by atoms with Gasteiger partial charge in [-0.1, -0.05) is 52.6 Å². The predicted octanol–water partition coefficient (Wildman–Crippen LogP) is 5.71. The van der Waals surface area contributed by atoms with Gasteiger partial charge in [0, 0.05) is 4.90 Å². The van der Waals surface area contributed by atoms with Gasteiger partial charge in [-0.25, -0.2) is 0 Å². The van der Waals surface area contributed by atoms with Crippen LogP contribution >= 0.6 is 46.6 Å². The molecule has 19 heavy (non-hydrogen) atoms. The topological polar surface area (TPSA) is 43.1 Å². The predicted molar refractivity (Wildman–Crippen MR) is 78.7 cm³/mol. The number of rotatable bonds is 3. The van der Waals surface area contributed by atoms with Crippen molar-refractivity contribution in [3.8, 4) is 0 Å². The van der Waals surface area contributed by atoms with Crippen molar-refractivity contribution in [2.45, 2.75) is 9.79 Å². The first-order valence-electron chi connectivity index (χ1n) is 5.05. The molecule has 0 spiro atoms.